The zero-order chi connectivity index (χ0) is 17.6. The van der Waals surface area contributed by atoms with Crippen LogP contribution in [0.3, 0.4) is 0 Å². The molecule has 0 unspecified atom stereocenters. The topological polar surface area (TPSA) is 12.9 Å². The van der Waals surface area contributed by atoms with Gasteiger partial charge in [-0.3, -0.25) is 4.98 Å². The Morgan fingerprint density at radius 2 is 1.96 bits per heavy atom. The first-order valence-electron chi connectivity index (χ1n) is 9.19. The molecule has 3 heteroatoms. The van der Waals surface area contributed by atoms with Gasteiger partial charge in [-0.05, 0) is 81.0 Å². The van der Waals surface area contributed by atoms with Gasteiger partial charge >= 0.3 is 0 Å². The molecule has 0 N–H and O–H groups in total. The predicted octanol–water partition coefficient (Wildman–Crippen LogP) is 6.86. The minimum absolute atomic E-state index is 0.143. The van der Waals surface area contributed by atoms with Crippen molar-refractivity contribution >= 4 is 11.6 Å². The van der Waals surface area contributed by atoms with Crippen LogP contribution in [0.4, 0.5) is 4.39 Å². The second kappa shape index (κ2) is 8.62. The van der Waals surface area contributed by atoms with Crippen molar-refractivity contribution < 1.29 is 4.39 Å². The number of allylic oxidation sites excluding steroid dienone is 2. The molecule has 0 spiro atoms. The van der Waals surface area contributed by atoms with Crippen LogP contribution in [0, 0.1) is 17.7 Å². The van der Waals surface area contributed by atoms with Crippen LogP contribution in [0.2, 0.25) is 5.02 Å². The molecular formula is C22H25ClFN. The van der Waals surface area contributed by atoms with Crippen molar-refractivity contribution in [1.82, 2.24) is 4.98 Å². The fourth-order valence-corrected chi connectivity index (χ4v) is 3.83. The fraction of sp³-hybridized carbons (Fsp3) is 0.409. The third kappa shape index (κ3) is 4.92. The van der Waals surface area contributed by atoms with E-state index >= 15 is 0 Å². The molecule has 0 amide bonds. The number of pyridine rings is 1. The number of nitrogens with zero attached hydrogens (tertiary/aromatic N) is 1. The fourth-order valence-electron chi connectivity index (χ4n) is 3.71. The third-order valence-electron chi connectivity index (χ3n) is 5.24. The van der Waals surface area contributed by atoms with Crippen molar-refractivity contribution in [3.8, 4) is 11.3 Å². The molecule has 1 nitrogen and oxygen atoms in total. The Labute approximate surface area is 154 Å². The van der Waals surface area contributed by atoms with Crippen LogP contribution in [0.15, 0.2) is 48.7 Å². The maximum Gasteiger partial charge on any atom is 0.142 e. The molecule has 1 saturated carbocycles. The highest BCUT2D eigenvalue weighted by Crippen LogP contribution is 2.32. The zero-order valence-corrected chi connectivity index (χ0v) is 15.5. The van der Waals surface area contributed by atoms with Crippen LogP contribution in [0.25, 0.3) is 11.3 Å². The lowest BCUT2D eigenvalue weighted by molar-refractivity contribution is 0.296. The lowest BCUT2D eigenvalue weighted by Gasteiger charge is -2.26. The van der Waals surface area contributed by atoms with Gasteiger partial charge in [-0.2, -0.15) is 0 Å². The van der Waals surface area contributed by atoms with Crippen LogP contribution in [-0.4, -0.2) is 4.98 Å². The summed E-state index contributed by atoms with van der Waals surface area (Å²) in [5.41, 5.74) is 2.80. The average Bonchev–Trinajstić information content (AvgIpc) is 2.64. The minimum atomic E-state index is -0.404. The lowest BCUT2D eigenvalue weighted by atomic mass is 9.79. The Morgan fingerprint density at radius 3 is 2.60 bits per heavy atom. The maximum absolute atomic E-state index is 13.6. The van der Waals surface area contributed by atoms with Crippen molar-refractivity contribution in [3.05, 3.63) is 65.1 Å². The first-order chi connectivity index (χ1) is 12.2. The Morgan fingerprint density at radius 1 is 1.16 bits per heavy atom. The van der Waals surface area contributed by atoms with Gasteiger partial charge < -0.3 is 0 Å². The van der Waals surface area contributed by atoms with Gasteiger partial charge in [-0.25, -0.2) is 4.39 Å². The van der Waals surface area contributed by atoms with Crippen LogP contribution in [0.1, 0.15) is 44.6 Å². The summed E-state index contributed by atoms with van der Waals surface area (Å²) in [6.45, 7) is 2.11. The molecule has 0 atom stereocenters. The highest BCUT2D eigenvalue weighted by Gasteiger charge is 2.19. The number of aryl methyl sites for hydroxylation is 1. The molecule has 0 saturated heterocycles. The Kier molecular flexibility index (Phi) is 6.25. The van der Waals surface area contributed by atoms with Crippen molar-refractivity contribution in [2.45, 2.75) is 45.4 Å². The first kappa shape index (κ1) is 18.1. The molecular weight excluding hydrogens is 333 g/mol. The van der Waals surface area contributed by atoms with Gasteiger partial charge in [-0.1, -0.05) is 35.9 Å². The van der Waals surface area contributed by atoms with E-state index in [1.165, 1.54) is 43.7 Å². The van der Waals surface area contributed by atoms with E-state index < -0.39 is 5.82 Å². The van der Waals surface area contributed by atoms with E-state index in [1.54, 1.807) is 12.1 Å². The zero-order valence-electron chi connectivity index (χ0n) is 14.7. The standard InChI is InChI=1S/C22H25ClFN/c1-2-3-16-4-6-17(7-5-16)8-9-18-10-13-22(25-15-18)19-11-12-20(23)21(24)14-19/h2-3,10-17H,4-9H2,1H3/t16-,17-. The Bertz CT molecular complexity index is 715. The largest absolute Gasteiger partial charge is 0.256 e. The molecule has 1 aliphatic carbocycles. The van der Waals surface area contributed by atoms with Crippen molar-refractivity contribution in [1.29, 1.82) is 0 Å². The number of aromatic nitrogens is 1. The number of benzene rings is 1. The normalized spacial score (nSPS) is 20.9. The summed E-state index contributed by atoms with van der Waals surface area (Å²) in [5.74, 6) is 1.23. The van der Waals surface area contributed by atoms with Gasteiger partial charge in [0.05, 0.1) is 10.7 Å². The van der Waals surface area contributed by atoms with Crippen LogP contribution in [-0.2, 0) is 6.42 Å². The summed E-state index contributed by atoms with van der Waals surface area (Å²) in [7, 11) is 0. The highest BCUT2D eigenvalue weighted by atomic mass is 35.5. The number of hydrogen-bond acceptors (Lipinski definition) is 1. The summed E-state index contributed by atoms with van der Waals surface area (Å²) in [6.07, 6.45) is 14.1. The third-order valence-corrected chi connectivity index (χ3v) is 5.54. The molecule has 0 bridgehead atoms. The molecule has 1 fully saturated rings. The molecule has 0 radical (unpaired) electrons. The summed E-state index contributed by atoms with van der Waals surface area (Å²) in [5, 5.41) is 0.143. The molecule has 132 valence electrons. The van der Waals surface area contributed by atoms with Gasteiger partial charge in [0.25, 0.3) is 0 Å². The molecule has 2 aromatic rings. The predicted molar refractivity (Wildman–Crippen MR) is 103 cm³/mol. The first-order valence-corrected chi connectivity index (χ1v) is 9.56. The van der Waals surface area contributed by atoms with Crippen molar-refractivity contribution in [2.75, 3.05) is 0 Å². The van der Waals surface area contributed by atoms with Crippen LogP contribution >= 0.6 is 11.6 Å². The maximum atomic E-state index is 13.6. The molecule has 25 heavy (non-hydrogen) atoms. The van der Waals surface area contributed by atoms with E-state index in [0.717, 1.165) is 29.5 Å². The van der Waals surface area contributed by atoms with Gasteiger partial charge in [-0.15, -0.1) is 0 Å². The van der Waals surface area contributed by atoms with E-state index in [1.807, 2.05) is 12.3 Å². The van der Waals surface area contributed by atoms with E-state index in [-0.39, 0.29) is 5.02 Å². The second-order valence-electron chi connectivity index (χ2n) is 7.03. The van der Waals surface area contributed by atoms with Gasteiger partial charge in [0.2, 0.25) is 0 Å². The summed E-state index contributed by atoms with van der Waals surface area (Å²) < 4.78 is 13.6. The van der Waals surface area contributed by atoms with E-state index in [4.69, 9.17) is 11.6 Å². The van der Waals surface area contributed by atoms with Crippen LogP contribution < -0.4 is 0 Å². The summed E-state index contributed by atoms with van der Waals surface area (Å²) >= 11 is 5.74. The van der Waals surface area contributed by atoms with E-state index in [2.05, 4.69) is 30.1 Å². The van der Waals surface area contributed by atoms with Gasteiger partial charge in [0.15, 0.2) is 0 Å². The molecule has 1 aliphatic rings. The SMILES string of the molecule is CC=C[C@H]1CC[C@H](CCc2ccc(-c3ccc(Cl)c(F)c3)nc2)CC1. The minimum Gasteiger partial charge on any atom is -0.256 e. The van der Waals surface area contributed by atoms with Gasteiger partial charge in [0.1, 0.15) is 5.82 Å². The smallest absolute Gasteiger partial charge is 0.142 e. The molecule has 1 heterocycles. The number of halogens is 2. The molecule has 0 aliphatic heterocycles. The molecule has 3 rings (SSSR count). The van der Waals surface area contributed by atoms with Crippen LogP contribution in [0.5, 0.6) is 0 Å². The van der Waals surface area contributed by atoms with E-state index in [0.29, 0.717) is 0 Å². The quantitative estimate of drug-likeness (QED) is 0.533. The average molecular weight is 358 g/mol. The summed E-state index contributed by atoms with van der Waals surface area (Å²) in [4.78, 5) is 4.50. The molecule has 1 aromatic carbocycles. The summed E-state index contributed by atoms with van der Waals surface area (Å²) in [6, 6.07) is 8.90. The van der Waals surface area contributed by atoms with Crippen molar-refractivity contribution in [2.24, 2.45) is 11.8 Å². The molecule has 1 aromatic heterocycles. The monoisotopic (exact) mass is 357 g/mol. The second-order valence-corrected chi connectivity index (χ2v) is 7.43. The number of rotatable bonds is 5. The Hall–Kier alpha value is -1.67. The number of hydrogen-bond donors (Lipinski definition) is 0. The van der Waals surface area contributed by atoms with Gasteiger partial charge in [0, 0.05) is 11.8 Å². The van der Waals surface area contributed by atoms with E-state index in [9.17, 15) is 4.39 Å². The lowest BCUT2D eigenvalue weighted by Crippen LogP contribution is -2.13. The Balaban J connectivity index is 1.54. The highest BCUT2D eigenvalue weighted by molar-refractivity contribution is 6.30. The van der Waals surface area contributed by atoms with Crippen molar-refractivity contribution in [3.63, 3.8) is 0 Å².